The molecule has 0 saturated heterocycles. The summed E-state index contributed by atoms with van der Waals surface area (Å²) in [5.41, 5.74) is 1.76. The maximum Gasteiger partial charge on any atom is 0.331 e. The van der Waals surface area contributed by atoms with Crippen molar-refractivity contribution in [1.82, 2.24) is 5.32 Å². The zero-order valence-corrected chi connectivity index (χ0v) is 12.5. The molecular weight excluding hydrogens is 278 g/mol. The van der Waals surface area contributed by atoms with Crippen LogP contribution < -0.4 is 5.32 Å². The van der Waals surface area contributed by atoms with Gasteiger partial charge in [-0.1, -0.05) is 23.7 Å². The summed E-state index contributed by atoms with van der Waals surface area (Å²) >= 11 is 5.98. The van der Waals surface area contributed by atoms with E-state index in [-0.39, 0.29) is 18.6 Å². The number of benzene rings is 1. The SMILES string of the molecule is Cc1ccc(/C=C/C(=O)OCC(=O)NC(C)C)cc1Cl. The summed E-state index contributed by atoms with van der Waals surface area (Å²) in [7, 11) is 0. The van der Waals surface area contributed by atoms with Gasteiger partial charge < -0.3 is 10.1 Å². The van der Waals surface area contributed by atoms with E-state index in [4.69, 9.17) is 16.3 Å². The molecule has 0 saturated carbocycles. The van der Waals surface area contributed by atoms with E-state index in [9.17, 15) is 9.59 Å². The van der Waals surface area contributed by atoms with Gasteiger partial charge in [0, 0.05) is 17.1 Å². The number of aryl methyl sites for hydroxylation is 1. The van der Waals surface area contributed by atoms with E-state index in [0.717, 1.165) is 11.1 Å². The summed E-state index contributed by atoms with van der Waals surface area (Å²) in [4.78, 5) is 22.7. The number of carbonyl (C=O) groups excluding carboxylic acids is 2. The summed E-state index contributed by atoms with van der Waals surface area (Å²) in [6.07, 6.45) is 2.86. The predicted molar refractivity (Wildman–Crippen MR) is 79.5 cm³/mol. The van der Waals surface area contributed by atoms with Gasteiger partial charge in [0.2, 0.25) is 0 Å². The average Bonchev–Trinajstić information content (AvgIpc) is 2.37. The van der Waals surface area contributed by atoms with Gasteiger partial charge in [-0.2, -0.15) is 0 Å². The number of ether oxygens (including phenoxy) is 1. The first kappa shape index (κ1) is 16.2. The van der Waals surface area contributed by atoms with E-state index >= 15 is 0 Å². The van der Waals surface area contributed by atoms with Crippen molar-refractivity contribution in [3.05, 3.63) is 40.4 Å². The highest BCUT2D eigenvalue weighted by molar-refractivity contribution is 6.31. The van der Waals surface area contributed by atoms with E-state index in [1.165, 1.54) is 6.08 Å². The first-order valence-electron chi connectivity index (χ1n) is 6.29. The fourth-order valence-electron chi connectivity index (χ4n) is 1.43. The zero-order valence-electron chi connectivity index (χ0n) is 11.8. The minimum Gasteiger partial charge on any atom is -0.452 e. The molecule has 1 aromatic carbocycles. The topological polar surface area (TPSA) is 55.4 Å². The van der Waals surface area contributed by atoms with Crippen LogP contribution in [-0.2, 0) is 14.3 Å². The van der Waals surface area contributed by atoms with E-state index in [1.54, 1.807) is 12.1 Å². The second-order valence-electron chi connectivity index (χ2n) is 4.67. The molecule has 0 aromatic heterocycles. The van der Waals surface area contributed by atoms with Gasteiger partial charge in [0.1, 0.15) is 0 Å². The molecule has 1 aromatic rings. The summed E-state index contributed by atoms with van der Waals surface area (Å²) in [5.74, 6) is -0.888. The van der Waals surface area contributed by atoms with Crippen molar-refractivity contribution >= 4 is 29.6 Å². The second kappa shape index (κ2) is 7.70. The lowest BCUT2D eigenvalue weighted by Gasteiger charge is -2.07. The van der Waals surface area contributed by atoms with Gasteiger partial charge in [0.25, 0.3) is 5.91 Å². The van der Waals surface area contributed by atoms with Crippen molar-refractivity contribution in [2.45, 2.75) is 26.8 Å². The molecule has 0 bridgehead atoms. The third-order valence-corrected chi connectivity index (χ3v) is 2.81. The molecule has 1 amide bonds. The Kier molecular flexibility index (Phi) is 6.25. The molecule has 0 radical (unpaired) electrons. The monoisotopic (exact) mass is 295 g/mol. The van der Waals surface area contributed by atoms with Crippen LogP contribution in [0, 0.1) is 6.92 Å². The second-order valence-corrected chi connectivity index (χ2v) is 5.08. The van der Waals surface area contributed by atoms with Crippen molar-refractivity contribution in [3.63, 3.8) is 0 Å². The molecule has 0 aliphatic rings. The molecule has 4 nitrogen and oxygen atoms in total. The first-order valence-corrected chi connectivity index (χ1v) is 6.66. The van der Waals surface area contributed by atoms with Crippen LogP contribution in [0.25, 0.3) is 6.08 Å². The van der Waals surface area contributed by atoms with Crippen molar-refractivity contribution in [1.29, 1.82) is 0 Å². The van der Waals surface area contributed by atoms with Crippen molar-refractivity contribution in [2.24, 2.45) is 0 Å². The fourth-order valence-corrected chi connectivity index (χ4v) is 1.61. The van der Waals surface area contributed by atoms with Gasteiger partial charge in [-0.3, -0.25) is 4.79 Å². The highest BCUT2D eigenvalue weighted by Gasteiger charge is 2.05. The number of carbonyl (C=O) groups is 2. The standard InChI is InChI=1S/C15H18ClNO3/c1-10(2)17-14(18)9-20-15(19)7-6-12-5-4-11(3)13(16)8-12/h4-8,10H,9H2,1-3H3,(H,17,18)/b7-6+. The van der Waals surface area contributed by atoms with Crippen LogP contribution in [0.5, 0.6) is 0 Å². The molecule has 0 spiro atoms. The molecule has 1 N–H and O–H groups in total. The minimum atomic E-state index is -0.569. The molecule has 0 atom stereocenters. The lowest BCUT2D eigenvalue weighted by molar-refractivity contribution is -0.143. The molecule has 0 fully saturated rings. The average molecular weight is 296 g/mol. The van der Waals surface area contributed by atoms with Gasteiger partial charge in [-0.25, -0.2) is 4.79 Å². The van der Waals surface area contributed by atoms with E-state index in [0.29, 0.717) is 5.02 Å². The number of esters is 1. The lowest BCUT2D eigenvalue weighted by atomic mass is 10.1. The van der Waals surface area contributed by atoms with Gasteiger partial charge in [-0.15, -0.1) is 0 Å². The fraction of sp³-hybridized carbons (Fsp3) is 0.333. The highest BCUT2D eigenvalue weighted by Crippen LogP contribution is 2.17. The molecule has 1 rings (SSSR count). The normalized spacial score (nSPS) is 10.8. The Morgan fingerprint density at radius 3 is 2.70 bits per heavy atom. The Balaban J connectivity index is 2.47. The summed E-state index contributed by atoms with van der Waals surface area (Å²) in [6, 6.07) is 5.48. The molecule has 0 aliphatic carbocycles. The van der Waals surface area contributed by atoms with Gasteiger partial charge in [0.15, 0.2) is 6.61 Å². The van der Waals surface area contributed by atoms with E-state index < -0.39 is 5.97 Å². The van der Waals surface area contributed by atoms with E-state index in [1.807, 2.05) is 32.9 Å². The van der Waals surface area contributed by atoms with Crippen LogP contribution in [0.15, 0.2) is 24.3 Å². The van der Waals surface area contributed by atoms with Gasteiger partial charge >= 0.3 is 5.97 Å². The Labute approximate surface area is 123 Å². The number of amides is 1. The van der Waals surface area contributed by atoms with Crippen LogP contribution in [0.1, 0.15) is 25.0 Å². The zero-order chi connectivity index (χ0) is 15.1. The van der Waals surface area contributed by atoms with Crippen molar-refractivity contribution < 1.29 is 14.3 Å². The van der Waals surface area contributed by atoms with Crippen LogP contribution in [0.3, 0.4) is 0 Å². The minimum absolute atomic E-state index is 0.0199. The Morgan fingerprint density at radius 2 is 2.10 bits per heavy atom. The molecule has 20 heavy (non-hydrogen) atoms. The molecular formula is C15H18ClNO3. The highest BCUT2D eigenvalue weighted by atomic mass is 35.5. The third kappa shape index (κ3) is 5.89. The van der Waals surface area contributed by atoms with Crippen molar-refractivity contribution in [2.75, 3.05) is 6.61 Å². The van der Waals surface area contributed by atoms with E-state index in [2.05, 4.69) is 5.32 Å². The predicted octanol–water partition coefficient (Wildman–Crippen LogP) is 2.73. The Bertz CT molecular complexity index is 524. The largest absolute Gasteiger partial charge is 0.452 e. The molecule has 0 unspecified atom stereocenters. The maximum absolute atomic E-state index is 11.4. The molecule has 108 valence electrons. The first-order chi connectivity index (χ1) is 9.38. The number of hydrogen-bond donors (Lipinski definition) is 1. The molecule has 0 heterocycles. The molecule has 5 heteroatoms. The number of halogens is 1. The van der Waals surface area contributed by atoms with Crippen LogP contribution >= 0.6 is 11.6 Å². The number of hydrogen-bond acceptors (Lipinski definition) is 3. The number of nitrogens with one attached hydrogen (secondary N) is 1. The Hall–Kier alpha value is -1.81. The maximum atomic E-state index is 11.4. The summed E-state index contributed by atoms with van der Waals surface area (Å²) in [6.45, 7) is 5.29. The number of rotatable bonds is 5. The van der Waals surface area contributed by atoms with Crippen molar-refractivity contribution in [3.8, 4) is 0 Å². The summed E-state index contributed by atoms with van der Waals surface area (Å²) in [5, 5.41) is 3.26. The third-order valence-electron chi connectivity index (χ3n) is 2.40. The molecule has 0 aliphatic heterocycles. The van der Waals surface area contributed by atoms with Gasteiger partial charge in [0.05, 0.1) is 0 Å². The van der Waals surface area contributed by atoms with Crippen LogP contribution in [0.4, 0.5) is 0 Å². The lowest BCUT2D eigenvalue weighted by Crippen LogP contribution is -2.33. The Morgan fingerprint density at radius 1 is 1.40 bits per heavy atom. The summed E-state index contributed by atoms with van der Waals surface area (Å²) < 4.78 is 4.81. The smallest absolute Gasteiger partial charge is 0.331 e. The van der Waals surface area contributed by atoms with Gasteiger partial charge in [-0.05, 0) is 44.0 Å². The quantitative estimate of drug-likeness (QED) is 0.671. The van der Waals surface area contributed by atoms with Crippen LogP contribution in [-0.4, -0.2) is 24.5 Å². The van der Waals surface area contributed by atoms with Crippen LogP contribution in [0.2, 0.25) is 5.02 Å².